The van der Waals surface area contributed by atoms with Gasteiger partial charge in [-0.1, -0.05) is 121 Å². The molecule has 0 N–H and O–H groups in total. The second kappa shape index (κ2) is 17.4. The van der Waals surface area contributed by atoms with E-state index >= 15 is 0 Å². The summed E-state index contributed by atoms with van der Waals surface area (Å²) in [6.07, 6.45) is 3.55. The Balaban J connectivity index is 1.20. The van der Waals surface area contributed by atoms with Gasteiger partial charge in [-0.15, -0.1) is 0 Å². The summed E-state index contributed by atoms with van der Waals surface area (Å²) in [4.78, 5) is 11.6. The highest BCUT2D eigenvalue weighted by molar-refractivity contribution is 6.13. The highest BCUT2D eigenvalue weighted by Gasteiger charge is 2.24. The lowest BCUT2D eigenvalue weighted by Crippen LogP contribution is -2.05. The predicted octanol–water partition coefficient (Wildman–Crippen LogP) is 16.3. The molecule has 0 spiro atoms. The summed E-state index contributed by atoms with van der Waals surface area (Å²) < 4.78 is 4.42. The molecule has 0 aliphatic rings. The van der Waals surface area contributed by atoms with Gasteiger partial charge in [0.15, 0.2) is 11.4 Å². The van der Waals surface area contributed by atoms with Crippen LogP contribution in [-0.2, 0) is 0 Å². The molecule has 0 saturated carbocycles. The first kappa shape index (κ1) is 42.5. The summed E-state index contributed by atoms with van der Waals surface area (Å²) in [7, 11) is 0. The molecule has 0 aliphatic heterocycles. The van der Waals surface area contributed by atoms with Crippen molar-refractivity contribution >= 4 is 55.0 Å². The first-order valence-corrected chi connectivity index (χ1v) is 23.1. The third-order valence-corrected chi connectivity index (χ3v) is 13.6. The minimum atomic E-state index is 0.441. The van der Waals surface area contributed by atoms with E-state index in [1.54, 1.807) is 12.4 Å². The largest absolute Gasteiger partial charge is 0.308 e. The number of aromatic nitrogens is 3. The molecular weight excluding hydrogens is 881 g/mol. The maximum Gasteiger partial charge on any atom is 0.187 e. The molecule has 0 saturated heterocycles. The van der Waals surface area contributed by atoms with E-state index in [2.05, 4.69) is 127 Å². The van der Waals surface area contributed by atoms with E-state index in [0.717, 1.165) is 99.2 Å². The number of rotatable bonds is 7. The highest BCUT2D eigenvalue weighted by Crippen LogP contribution is 2.43. The average Bonchev–Trinajstić information content (AvgIpc) is 3.96. The van der Waals surface area contributed by atoms with Crippen LogP contribution >= 0.6 is 0 Å². The number of hydrogen-bond donors (Lipinski definition) is 0. The van der Waals surface area contributed by atoms with Crippen LogP contribution in [0.5, 0.6) is 0 Å². The summed E-state index contributed by atoms with van der Waals surface area (Å²) in [6.45, 7) is 15.1. The lowest BCUT2D eigenvalue weighted by atomic mass is 10.00. The molecular formula is C64H34N8. The van der Waals surface area contributed by atoms with Gasteiger partial charge in [0, 0.05) is 33.9 Å². The lowest BCUT2D eigenvalue weighted by molar-refractivity contribution is 1.12. The van der Waals surface area contributed by atoms with Crippen LogP contribution in [0.15, 0.2) is 207 Å². The Hall–Kier alpha value is -10.8. The Kier molecular flexibility index (Phi) is 10.3. The van der Waals surface area contributed by atoms with Crippen LogP contribution in [0.25, 0.3) is 120 Å². The van der Waals surface area contributed by atoms with Crippen molar-refractivity contribution in [2.75, 3.05) is 0 Å². The fourth-order valence-electron chi connectivity index (χ4n) is 10.00. The van der Waals surface area contributed by atoms with Gasteiger partial charge in [-0.25, -0.2) is 9.69 Å². The molecule has 0 aliphatic carbocycles. The van der Waals surface area contributed by atoms with Crippen molar-refractivity contribution < 1.29 is 0 Å². The number of nitrogens with zero attached hydrogens (tertiary/aromatic N) is 8. The molecule has 0 atom stereocenters. The van der Waals surface area contributed by atoms with Crippen LogP contribution < -0.4 is 0 Å². The van der Waals surface area contributed by atoms with Crippen LogP contribution in [0.3, 0.4) is 0 Å². The predicted molar refractivity (Wildman–Crippen MR) is 287 cm³/mol. The number of fused-ring (bicyclic) bond motifs is 6. The minimum Gasteiger partial charge on any atom is -0.308 e. The third-order valence-electron chi connectivity index (χ3n) is 13.6. The van der Waals surface area contributed by atoms with Gasteiger partial charge in [0.1, 0.15) is 11.6 Å². The average molecular weight is 915 g/mol. The van der Waals surface area contributed by atoms with Gasteiger partial charge in [-0.3, -0.25) is 4.98 Å². The second-order valence-electron chi connectivity index (χ2n) is 17.5. The van der Waals surface area contributed by atoms with Crippen molar-refractivity contribution in [3.8, 4) is 85.2 Å². The summed E-state index contributed by atoms with van der Waals surface area (Å²) in [5.41, 5.74) is 17.0. The zero-order valence-electron chi connectivity index (χ0n) is 38.2. The zero-order valence-corrected chi connectivity index (χ0v) is 38.2. The normalized spacial score (nSPS) is 11.0. The van der Waals surface area contributed by atoms with Crippen LogP contribution in [0.4, 0.5) is 11.4 Å². The summed E-state index contributed by atoms with van der Waals surface area (Å²) in [5, 5.41) is 35.1. The van der Waals surface area contributed by atoms with Crippen molar-refractivity contribution in [3.63, 3.8) is 0 Å². The summed E-state index contributed by atoms with van der Waals surface area (Å²) >= 11 is 0. The van der Waals surface area contributed by atoms with E-state index in [0.29, 0.717) is 39.4 Å². The Bertz CT molecular complexity index is 3910. The van der Waals surface area contributed by atoms with Gasteiger partial charge in [-0.05, 0) is 128 Å². The van der Waals surface area contributed by atoms with Gasteiger partial charge >= 0.3 is 0 Å². The maximum absolute atomic E-state index is 11.9. The van der Waals surface area contributed by atoms with Gasteiger partial charge < -0.3 is 9.13 Å². The third kappa shape index (κ3) is 7.17. The van der Waals surface area contributed by atoms with Crippen LogP contribution in [0.1, 0.15) is 16.7 Å². The lowest BCUT2D eigenvalue weighted by Gasteiger charge is -2.19. The maximum atomic E-state index is 11.9. The SMILES string of the molecule is [C-]#[N+]c1ccc(-c2ccc3c4ccc(-c5ccc(C#N)cc5)cc4n(-c4cc(-c5ccncc5)cc(-n5c6cc(-c7ccc(C#N)cc7)ccc6c6ccc(-c7ccc([N+]#[C-])cc7)cc65)c4C#N)c3c2)cc1. The monoisotopic (exact) mass is 914 g/mol. The van der Waals surface area contributed by atoms with Crippen molar-refractivity contribution in [2.45, 2.75) is 0 Å². The molecule has 9 aromatic carbocycles. The highest BCUT2D eigenvalue weighted by atomic mass is 15.0. The zero-order chi connectivity index (χ0) is 48.9. The van der Waals surface area contributed by atoms with E-state index in [9.17, 15) is 15.8 Å². The Morgan fingerprint density at radius 1 is 0.333 bits per heavy atom. The number of nitriles is 3. The van der Waals surface area contributed by atoms with E-state index in [1.165, 1.54) is 0 Å². The van der Waals surface area contributed by atoms with Crippen molar-refractivity contribution in [3.05, 3.63) is 246 Å². The number of hydrogen-bond acceptors (Lipinski definition) is 4. The molecule has 0 unspecified atom stereocenters. The fraction of sp³-hybridized carbons (Fsp3) is 0. The molecule has 3 aromatic heterocycles. The standard InChI is InChI=1S/C64H34N8/c1-68-52-19-11-44(12-20-52)49-17-25-56-54-23-15-47(42-7-3-40(37-65)4-8-42)31-59(54)71(61(56)33-49)63-35-51(46-27-29-70-30-28-46)36-64(58(63)39-67)72-60-32-48(43-9-5-41(38-66)6-10-43)16-24-55(60)57-26-18-50(34-62(57)72)45-13-21-53(69-2)22-14-45/h3-36H. The Morgan fingerprint density at radius 2 is 0.639 bits per heavy atom. The molecule has 0 fully saturated rings. The van der Waals surface area contributed by atoms with Crippen LogP contribution in [-0.4, -0.2) is 14.1 Å². The molecule has 3 heterocycles. The van der Waals surface area contributed by atoms with E-state index in [4.69, 9.17) is 13.1 Å². The summed E-state index contributed by atoms with van der Waals surface area (Å²) in [5.74, 6) is 0. The van der Waals surface area contributed by atoms with Gasteiger partial charge in [-0.2, -0.15) is 15.8 Å². The Morgan fingerprint density at radius 3 is 0.944 bits per heavy atom. The topological polar surface area (TPSA) is 103 Å². The van der Waals surface area contributed by atoms with Crippen molar-refractivity contribution in [2.24, 2.45) is 0 Å². The van der Waals surface area contributed by atoms with E-state index in [1.807, 2.05) is 109 Å². The number of pyridine rings is 1. The van der Waals surface area contributed by atoms with Gasteiger partial charge in [0.2, 0.25) is 0 Å². The Labute approximate surface area is 414 Å². The second-order valence-corrected chi connectivity index (χ2v) is 17.5. The fourth-order valence-corrected chi connectivity index (χ4v) is 10.00. The van der Waals surface area contributed by atoms with Crippen molar-refractivity contribution in [1.29, 1.82) is 15.8 Å². The molecule has 12 aromatic rings. The number of benzene rings is 9. The molecule has 330 valence electrons. The van der Waals surface area contributed by atoms with Crippen LogP contribution in [0, 0.1) is 47.1 Å². The van der Waals surface area contributed by atoms with Gasteiger partial charge in [0.25, 0.3) is 0 Å². The van der Waals surface area contributed by atoms with Gasteiger partial charge in [0.05, 0.1) is 69.9 Å². The molecule has 12 rings (SSSR count). The molecule has 8 heteroatoms. The molecule has 8 nitrogen and oxygen atoms in total. The van der Waals surface area contributed by atoms with E-state index in [-0.39, 0.29) is 0 Å². The molecule has 72 heavy (non-hydrogen) atoms. The molecule has 0 amide bonds. The first-order chi connectivity index (χ1) is 35.4. The summed E-state index contributed by atoms with van der Waals surface area (Å²) in [6, 6.07) is 71.3. The molecule has 0 bridgehead atoms. The smallest absolute Gasteiger partial charge is 0.187 e. The minimum absolute atomic E-state index is 0.441. The van der Waals surface area contributed by atoms with Crippen molar-refractivity contribution in [1.82, 2.24) is 14.1 Å². The van der Waals surface area contributed by atoms with E-state index < -0.39 is 0 Å². The first-order valence-electron chi connectivity index (χ1n) is 23.1. The quantitative estimate of drug-likeness (QED) is 0.149. The molecule has 0 radical (unpaired) electrons. The van der Waals surface area contributed by atoms with Crippen LogP contribution in [0.2, 0.25) is 0 Å².